The van der Waals surface area contributed by atoms with Gasteiger partial charge in [0, 0.05) is 0 Å². The van der Waals surface area contributed by atoms with E-state index in [1.807, 2.05) is 24.3 Å². The van der Waals surface area contributed by atoms with E-state index in [1.54, 1.807) is 12.1 Å². The van der Waals surface area contributed by atoms with E-state index < -0.39 is 0 Å². The molecule has 0 saturated heterocycles. The number of amides is 1. The molecule has 0 fully saturated rings. The largest absolute Gasteiger partial charge is 0.484 e. The minimum atomic E-state index is -0.302. The van der Waals surface area contributed by atoms with E-state index in [2.05, 4.69) is 22.4 Å². The van der Waals surface area contributed by atoms with Crippen molar-refractivity contribution in [2.45, 2.75) is 19.8 Å². The van der Waals surface area contributed by atoms with Crippen molar-refractivity contribution in [1.82, 2.24) is 10.2 Å². The molecule has 0 radical (unpaired) electrons. The van der Waals surface area contributed by atoms with E-state index in [9.17, 15) is 4.79 Å². The lowest BCUT2D eigenvalue weighted by Crippen LogP contribution is -2.20. The summed E-state index contributed by atoms with van der Waals surface area (Å²) >= 11 is 5.61. The smallest absolute Gasteiger partial charge is 0.263 e. The maximum absolute atomic E-state index is 11.7. The predicted octanol–water partition coefficient (Wildman–Crippen LogP) is 3.10. The topological polar surface area (TPSA) is 64.1 Å². The minimum Gasteiger partial charge on any atom is -0.484 e. The molecule has 1 N–H and O–H groups in total. The van der Waals surface area contributed by atoms with Crippen LogP contribution in [0.4, 0.5) is 5.82 Å². The van der Waals surface area contributed by atoms with Gasteiger partial charge in [0.25, 0.3) is 5.91 Å². The number of aryl methyl sites for hydroxylation is 1. The van der Waals surface area contributed by atoms with Gasteiger partial charge in [0.05, 0.1) is 0 Å². The Kier molecular flexibility index (Phi) is 5.51. The van der Waals surface area contributed by atoms with Crippen LogP contribution in [0.25, 0.3) is 0 Å². The lowest BCUT2D eigenvalue weighted by atomic mass is 10.1. The molecule has 0 aliphatic heterocycles. The SMILES string of the molecule is CCCc1ccc(OCC(=O)Nc2ccc(Cl)nn2)cc1. The van der Waals surface area contributed by atoms with Crippen molar-refractivity contribution in [3.05, 3.63) is 47.1 Å². The Morgan fingerprint density at radius 2 is 1.95 bits per heavy atom. The second-order valence-electron chi connectivity index (χ2n) is 4.47. The number of benzene rings is 1. The molecule has 1 aromatic heterocycles. The van der Waals surface area contributed by atoms with Gasteiger partial charge in [-0.05, 0) is 36.2 Å². The first-order valence-electron chi connectivity index (χ1n) is 6.68. The number of rotatable bonds is 6. The average molecular weight is 306 g/mol. The third-order valence-electron chi connectivity index (χ3n) is 2.73. The second-order valence-corrected chi connectivity index (χ2v) is 4.86. The van der Waals surface area contributed by atoms with Crippen LogP contribution in [0.1, 0.15) is 18.9 Å². The number of nitrogens with one attached hydrogen (secondary N) is 1. The van der Waals surface area contributed by atoms with Crippen LogP contribution in [0.3, 0.4) is 0 Å². The molecular weight excluding hydrogens is 290 g/mol. The molecule has 5 nitrogen and oxygen atoms in total. The molecule has 0 aliphatic carbocycles. The van der Waals surface area contributed by atoms with Crippen LogP contribution in [0.15, 0.2) is 36.4 Å². The van der Waals surface area contributed by atoms with Crippen LogP contribution in [0, 0.1) is 0 Å². The van der Waals surface area contributed by atoms with E-state index in [4.69, 9.17) is 16.3 Å². The molecule has 0 aliphatic rings. The Bertz CT molecular complexity index is 585. The van der Waals surface area contributed by atoms with E-state index in [-0.39, 0.29) is 17.7 Å². The molecule has 0 atom stereocenters. The van der Waals surface area contributed by atoms with Crippen LogP contribution < -0.4 is 10.1 Å². The highest BCUT2D eigenvalue weighted by Gasteiger charge is 2.05. The molecule has 110 valence electrons. The Hall–Kier alpha value is -2.14. The van der Waals surface area contributed by atoms with Crippen molar-refractivity contribution >= 4 is 23.3 Å². The number of hydrogen-bond donors (Lipinski definition) is 1. The Balaban J connectivity index is 1.81. The highest BCUT2D eigenvalue weighted by molar-refractivity contribution is 6.29. The van der Waals surface area contributed by atoms with Crippen LogP contribution >= 0.6 is 11.6 Å². The van der Waals surface area contributed by atoms with Gasteiger partial charge in [0.15, 0.2) is 17.6 Å². The van der Waals surface area contributed by atoms with E-state index >= 15 is 0 Å². The molecule has 0 bridgehead atoms. The Morgan fingerprint density at radius 1 is 1.19 bits per heavy atom. The molecule has 0 saturated carbocycles. The van der Waals surface area contributed by atoms with E-state index in [0.717, 1.165) is 12.8 Å². The molecule has 1 heterocycles. The average Bonchev–Trinajstić information content (AvgIpc) is 2.49. The second kappa shape index (κ2) is 7.59. The summed E-state index contributed by atoms with van der Waals surface area (Å²) in [6, 6.07) is 10.9. The zero-order chi connectivity index (χ0) is 15.1. The quantitative estimate of drug-likeness (QED) is 0.890. The van der Waals surface area contributed by atoms with Crippen molar-refractivity contribution < 1.29 is 9.53 Å². The third kappa shape index (κ3) is 5.04. The number of halogens is 1. The van der Waals surface area contributed by atoms with Crippen LogP contribution in [-0.4, -0.2) is 22.7 Å². The third-order valence-corrected chi connectivity index (χ3v) is 2.93. The van der Waals surface area contributed by atoms with Gasteiger partial charge in [0.2, 0.25) is 0 Å². The van der Waals surface area contributed by atoms with Crippen molar-refractivity contribution in [1.29, 1.82) is 0 Å². The number of carbonyl (C=O) groups excluding carboxylic acids is 1. The van der Waals surface area contributed by atoms with E-state index in [0.29, 0.717) is 11.6 Å². The summed E-state index contributed by atoms with van der Waals surface area (Å²) in [6.07, 6.45) is 2.14. The van der Waals surface area contributed by atoms with Crippen molar-refractivity contribution in [3.63, 3.8) is 0 Å². The number of carbonyl (C=O) groups is 1. The highest BCUT2D eigenvalue weighted by atomic mass is 35.5. The summed E-state index contributed by atoms with van der Waals surface area (Å²) in [5, 5.41) is 10.2. The van der Waals surface area contributed by atoms with Crippen LogP contribution in [0.2, 0.25) is 5.15 Å². The normalized spacial score (nSPS) is 10.2. The number of hydrogen-bond acceptors (Lipinski definition) is 4. The standard InChI is InChI=1S/C15H16ClN3O2/c1-2-3-11-4-6-12(7-5-11)21-10-15(20)17-14-9-8-13(16)18-19-14/h4-9H,2-3,10H2,1H3,(H,17,19,20). The monoisotopic (exact) mass is 305 g/mol. The van der Waals surface area contributed by atoms with Gasteiger partial charge < -0.3 is 10.1 Å². The van der Waals surface area contributed by atoms with E-state index in [1.165, 1.54) is 5.56 Å². The number of aromatic nitrogens is 2. The van der Waals surface area contributed by atoms with Gasteiger partial charge >= 0.3 is 0 Å². The van der Waals surface area contributed by atoms with Gasteiger partial charge in [-0.2, -0.15) is 0 Å². The molecule has 21 heavy (non-hydrogen) atoms. The fourth-order valence-electron chi connectivity index (χ4n) is 1.75. The zero-order valence-corrected chi connectivity index (χ0v) is 12.4. The summed E-state index contributed by atoms with van der Waals surface area (Å²) in [4.78, 5) is 11.7. The predicted molar refractivity (Wildman–Crippen MR) is 81.6 cm³/mol. The number of nitrogens with zero attached hydrogens (tertiary/aromatic N) is 2. The van der Waals surface area contributed by atoms with Gasteiger partial charge in [-0.1, -0.05) is 37.1 Å². The minimum absolute atomic E-state index is 0.0859. The van der Waals surface area contributed by atoms with Crippen LogP contribution in [0.5, 0.6) is 5.75 Å². The van der Waals surface area contributed by atoms with Gasteiger partial charge in [-0.25, -0.2) is 0 Å². The fraction of sp³-hybridized carbons (Fsp3) is 0.267. The van der Waals surface area contributed by atoms with Gasteiger partial charge in [-0.15, -0.1) is 10.2 Å². The molecular formula is C15H16ClN3O2. The summed E-state index contributed by atoms with van der Waals surface area (Å²) in [5.74, 6) is 0.697. The van der Waals surface area contributed by atoms with Crippen LogP contribution in [-0.2, 0) is 11.2 Å². The number of ether oxygens (including phenoxy) is 1. The Labute approximate surface area is 128 Å². The lowest BCUT2D eigenvalue weighted by Gasteiger charge is -2.07. The molecule has 1 aromatic carbocycles. The molecule has 6 heteroatoms. The highest BCUT2D eigenvalue weighted by Crippen LogP contribution is 2.13. The molecule has 2 rings (SSSR count). The summed E-state index contributed by atoms with van der Waals surface area (Å²) in [7, 11) is 0. The molecule has 2 aromatic rings. The molecule has 0 spiro atoms. The Morgan fingerprint density at radius 3 is 2.57 bits per heavy atom. The molecule has 1 amide bonds. The van der Waals surface area contributed by atoms with Gasteiger partial charge in [0.1, 0.15) is 5.75 Å². The number of anilines is 1. The molecule has 0 unspecified atom stereocenters. The lowest BCUT2D eigenvalue weighted by molar-refractivity contribution is -0.118. The van der Waals surface area contributed by atoms with Gasteiger partial charge in [-0.3, -0.25) is 4.79 Å². The summed E-state index contributed by atoms with van der Waals surface area (Å²) in [5.41, 5.74) is 1.26. The maximum Gasteiger partial charge on any atom is 0.263 e. The first-order valence-corrected chi connectivity index (χ1v) is 7.06. The first kappa shape index (κ1) is 15.3. The fourth-order valence-corrected chi connectivity index (χ4v) is 1.85. The van der Waals surface area contributed by atoms with Crippen molar-refractivity contribution in [2.75, 3.05) is 11.9 Å². The van der Waals surface area contributed by atoms with Crippen molar-refractivity contribution in [2.24, 2.45) is 0 Å². The maximum atomic E-state index is 11.7. The van der Waals surface area contributed by atoms with Crippen molar-refractivity contribution in [3.8, 4) is 5.75 Å². The summed E-state index contributed by atoms with van der Waals surface area (Å²) < 4.78 is 5.41. The summed E-state index contributed by atoms with van der Waals surface area (Å²) in [6.45, 7) is 2.05. The first-order chi connectivity index (χ1) is 10.2. The zero-order valence-electron chi connectivity index (χ0n) is 11.7.